The molecule has 1 aromatic heterocycles. The van der Waals surface area contributed by atoms with Crippen LogP contribution in [0.2, 0.25) is 0 Å². The van der Waals surface area contributed by atoms with Crippen molar-refractivity contribution in [1.29, 1.82) is 0 Å². The Morgan fingerprint density at radius 1 is 1.20 bits per heavy atom. The van der Waals surface area contributed by atoms with Gasteiger partial charge in [-0.3, -0.25) is 9.36 Å². The Labute approximate surface area is 206 Å². The average molecular weight is 491 g/mol. The second-order valence-corrected chi connectivity index (χ2v) is 8.76. The molecule has 0 amide bonds. The summed E-state index contributed by atoms with van der Waals surface area (Å²) >= 11 is 1.28. The molecular weight excluding hydrogens is 464 g/mol. The number of esters is 1. The van der Waals surface area contributed by atoms with Gasteiger partial charge in [0.2, 0.25) is 0 Å². The molecule has 3 aromatic rings. The Hall–Kier alpha value is -3.91. The molecule has 0 saturated heterocycles. The first-order valence-electron chi connectivity index (χ1n) is 11.1. The van der Waals surface area contributed by atoms with Gasteiger partial charge in [0.05, 0.1) is 35.6 Å². The fourth-order valence-electron chi connectivity index (χ4n) is 3.89. The molecular formula is C27H26N2O5S. The normalized spacial score (nSPS) is 15.3. The molecule has 7 nitrogen and oxygen atoms in total. The van der Waals surface area contributed by atoms with Crippen LogP contribution >= 0.6 is 11.3 Å². The summed E-state index contributed by atoms with van der Waals surface area (Å²) in [6.07, 6.45) is 3.48. The molecule has 4 rings (SSSR count). The molecule has 0 unspecified atom stereocenters. The van der Waals surface area contributed by atoms with Gasteiger partial charge in [-0.1, -0.05) is 48.3 Å². The molecule has 2 heterocycles. The van der Waals surface area contributed by atoms with E-state index in [2.05, 4.69) is 11.6 Å². The molecule has 0 N–H and O–H groups in total. The molecule has 0 radical (unpaired) electrons. The first-order chi connectivity index (χ1) is 17.0. The van der Waals surface area contributed by atoms with Gasteiger partial charge in [0.1, 0.15) is 18.1 Å². The number of carbonyl (C=O) groups excluding carboxylic acids is 1. The highest BCUT2D eigenvalue weighted by atomic mass is 32.1. The van der Waals surface area contributed by atoms with Crippen LogP contribution in [0.25, 0.3) is 6.08 Å². The number of allylic oxidation sites excluding steroid dienone is 1. The van der Waals surface area contributed by atoms with Crippen LogP contribution in [0.3, 0.4) is 0 Å². The Bertz CT molecular complexity index is 1460. The van der Waals surface area contributed by atoms with Crippen molar-refractivity contribution in [2.75, 3.05) is 20.3 Å². The van der Waals surface area contributed by atoms with Crippen molar-refractivity contribution in [2.24, 2.45) is 4.99 Å². The minimum absolute atomic E-state index is 0.222. The maximum absolute atomic E-state index is 13.7. The van der Waals surface area contributed by atoms with E-state index in [4.69, 9.17) is 14.2 Å². The van der Waals surface area contributed by atoms with Gasteiger partial charge in [0, 0.05) is 0 Å². The van der Waals surface area contributed by atoms with Gasteiger partial charge in [-0.05, 0) is 55.3 Å². The third-order valence-corrected chi connectivity index (χ3v) is 6.46. The predicted molar refractivity (Wildman–Crippen MR) is 136 cm³/mol. The third-order valence-electron chi connectivity index (χ3n) is 5.47. The Balaban J connectivity index is 1.87. The second-order valence-electron chi connectivity index (χ2n) is 7.75. The topological polar surface area (TPSA) is 79.1 Å². The summed E-state index contributed by atoms with van der Waals surface area (Å²) in [5, 5.41) is 0. The van der Waals surface area contributed by atoms with E-state index in [1.807, 2.05) is 36.4 Å². The summed E-state index contributed by atoms with van der Waals surface area (Å²) in [5.74, 6) is 0.872. The minimum Gasteiger partial charge on any atom is -0.497 e. The number of hydrogen-bond acceptors (Lipinski definition) is 7. The fourth-order valence-corrected chi connectivity index (χ4v) is 4.94. The highest BCUT2D eigenvalue weighted by molar-refractivity contribution is 7.07. The van der Waals surface area contributed by atoms with E-state index in [1.165, 1.54) is 11.3 Å². The molecule has 180 valence electrons. The number of hydrogen-bond donors (Lipinski definition) is 0. The van der Waals surface area contributed by atoms with Gasteiger partial charge >= 0.3 is 5.97 Å². The van der Waals surface area contributed by atoms with Gasteiger partial charge in [-0.25, -0.2) is 9.79 Å². The zero-order valence-electron chi connectivity index (χ0n) is 19.8. The predicted octanol–water partition coefficient (Wildman–Crippen LogP) is 3.37. The van der Waals surface area contributed by atoms with E-state index in [9.17, 15) is 9.59 Å². The SMILES string of the molecule is C=CCOc1cccc(/C=c2\sc3n(c2=O)[C@H](c2ccc(OC)cc2)C(C(=O)OCC)=C(C)N=3)c1. The molecule has 8 heteroatoms. The summed E-state index contributed by atoms with van der Waals surface area (Å²) < 4.78 is 18.3. The number of ether oxygens (including phenoxy) is 3. The second kappa shape index (κ2) is 10.6. The maximum Gasteiger partial charge on any atom is 0.338 e. The number of carbonyl (C=O) groups is 1. The summed E-state index contributed by atoms with van der Waals surface area (Å²) in [6.45, 7) is 7.79. The minimum atomic E-state index is -0.666. The van der Waals surface area contributed by atoms with E-state index < -0.39 is 12.0 Å². The van der Waals surface area contributed by atoms with E-state index in [-0.39, 0.29) is 12.2 Å². The van der Waals surface area contributed by atoms with E-state index >= 15 is 0 Å². The van der Waals surface area contributed by atoms with E-state index in [1.54, 1.807) is 49.8 Å². The standard InChI is InChI=1S/C27H26N2O5S/c1-5-14-34-21-9-7-8-18(15-21)16-22-25(30)29-24(19-10-12-20(32-4)13-11-19)23(26(31)33-6-2)17(3)28-27(29)35-22/h5,7-13,15-16,24H,1,6,14H2,2-4H3/b22-16-/t24-/m1/s1. The number of thiazole rings is 1. The van der Waals surface area contributed by atoms with Crippen LogP contribution in [0.5, 0.6) is 11.5 Å². The smallest absolute Gasteiger partial charge is 0.338 e. The highest BCUT2D eigenvalue weighted by Crippen LogP contribution is 2.31. The lowest BCUT2D eigenvalue weighted by Crippen LogP contribution is -2.39. The molecule has 2 aromatic carbocycles. The summed E-state index contributed by atoms with van der Waals surface area (Å²) in [6, 6.07) is 14.1. The number of nitrogens with zero attached hydrogens (tertiary/aromatic N) is 2. The summed E-state index contributed by atoms with van der Waals surface area (Å²) in [5.41, 5.74) is 2.21. The van der Waals surface area contributed by atoms with Crippen molar-refractivity contribution < 1.29 is 19.0 Å². The van der Waals surface area contributed by atoms with Gasteiger partial charge in [-0.15, -0.1) is 0 Å². The lowest BCUT2D eigenvalue weighted by atomic mass is 9.96. The molecule has 1 aliphatic rings. The van der Waals surface area contributed by atoms with Crippen LogP contribution in [-0.2, 0) is 9.53 Å². The van der Waals surface area contributed by atoms with Gasteiger partial charge in [0.15, 0.2) is 4.80 Å². The van der Waals surface area contributed by atoms with Crippen molar-refractivity contribution in [3.05, 3.63) is 103 Å². The number of methoxy groups -OCH3 is 1. The average Bonchev–Trinajstić information content (AvgIpc) is 3.16. The Morgan fingerprint density at radius 3 is 2.66 bits per heavy atom. The zero-order chi connectivity index (χ0) is 24.9. The van der Waals surface area contributed by atoms with Crippen LogP contribution in [-0.4, -0.2) is 30.9 Å². The molecule has 1 aliphatic heterocycles. The molecule has 1 atom stereocenters. The molecule has 35 heavy (non-hydrogen) atoms. The van der Waals surface area contributed by atoms with Gasteiger partial charge in [0.25, 0.3) is 5.56 Å². The molecule has 0 bridgehead atoms. The van der Waals surface area contributed by atoms with Crippen LogP contribution in [0.1, 0.15) is 31.0 Å². The van der Waals surface area contributed by atoms with Crippen molar-refractivity contribution in [3.8, 4) is 11.5 Å². The monoisotopic (exact) mass is 490 g/mol. The van der Waals surface area contributed by atoms with Crippen LogP contribution in [0.4, 0.5) is 0 Å². The third kappa shape index (κ3) is 4.97. The molecule has 0 spiro atoms. The zero-order valence-corrected chi connectivity index (χ0v) is 20.6. The van der Waals surface area contributed by atoms with Crippen molar-refractivity contribution in [1.82, 2.24) is 4.57 Å². The summed E-state index contributed by atoms with van der Waals surface area (Å²) in [7, 11) is 1.59. The number of benzene rings is 2. The Morgan fingerprint density at radius 2 is 1.97 bits per heavy atom. The van der Waals surface area contributed by atoms with E-state index in [0.29, 0.717) is 38.7 Å². The molecule has 0 aliphatic carbocycles. The van der Waals surface area contributed by atoms with Crippen LogP contribution < -0.4 is 24.4 Å². The number of rotatable bonds is 8. The lowest BCUT2D eigenvalue weighted by molar-refractivity contribution is -0.139. The number of fused-ring (bicyclic) bond motifs is 1. The van der Waals surface area contributed by atoms with Crippen LogP contribution in [0, 0.1) is 0 Å². The van der Waals surface area contributed by atoms with Gasteiger partial charge in [-0.2, -0.15) is 0 Å². The summed E-state index contributed by atoms with van der Waals surface area (Å²) in [4.78, 5) is 31.7. The van der Waals surface area contributed by atoms with Crippen molar-refractivity contribution in [2.45, 2.75) is 19.9 Å². The highest BCUT2D eigenvalue weighted by Gasteiger charge is 2.33. The first-order valence-corrected chi connectivity index (χ1v) is 12.0. The fraction of sp³-hybridized carbons (Fsp3) is 0.222. The van der Waals surface area contributed by atoms with Gasteiger partial charge < -0.3 is 14.2 Å². The maximum atomic E-state index is 13.7. The van der Waals surface area contributed by atoms with Crippen molar-refractivity contribution >= 4 is 23.4 Å². The largest absolute Gasteiger partial charge is 0.497 e. The number of aromatic nitrogens is 1. The van der Waals surface area contributed by atoms with Crippen LogP contribution in [0.15, 0.2) is 82.2 Å². The molecule has 0 saturated carbocycles. The molecule has 0 fully saturated rings. The first kappa shape index (κ1) is 24.2. The Kier molecular flexibility index (Phi) is 7.31. The lowest BCUT2D eigenvalue weighted by Gasteiger charge is -2.24. The van der Waals surface area contributed by atoms with E-state index in [0.717, 1.165) is 11.1 Å². The quantitative estimate of drug-likeness (QED) is 0.357. The van der Waals surface area contributed by atoms with Crippen molar-refractivity contribution in [3.63, 3.8) is 0 Å².